The number of carbonyl (C=O) groups excluding carboxylic acids is 1. The van der Waals surface area contributed by atoms with Crippen LogP contribution in [0.15, 0.2) is 97.1 Å². The van der Waals surface area contributed by atoms with Crippen LogP contribution in [-0.2, 0) is 13.2 Å². The van der Waals surface area contributed by atoms with Gasteiger partial charge in [-0.2, -0.15) is 5.10 Å². The first-order valence-corrected chi connectivity index (χ1v) is 13.4. The number of benzene rings is 4. The maximum Gasteiger partial charge on any atom is 0.273 e. The number of aryl methyl sites for hydroxylation is 1. The minimum Gasteiger partial charge on any atom is -0.497 e. The molecule has 0 fully saturated rings. The second-order valence-electron chi connectivity index (χ2n) is 9.89. The fourth-order valence-corrected chi connectivity index (χ4v) is 5.19. The lowest BCUT2D eigenvalue weighted by atomic mass is 9.95. The Morgan fingerprint density at radius 3 is 2.17 bits per heavy atom. The molecule has 0 radical (unpaired) electrons. The molecule has 0 saturated heterocycles. The van der Waals surface area contributed by atoms with Crippen molar-refractivity contribution in [2.75, 3.05) is 7.11 Å². The van der Waals surface area contributed by atoms with Crippen LogP contribution >= 0.6 is 11.6 Å². The Balaban J connectivity index is 1.34. The van der Waals surface area contributed by atoms with Gasteiger partial charge in [-0.3, -0.25) is 9.89 Å². The van der Waals surface area contributed by atoms with E-state index < -0.39 is 0 Å². The largest absolute Gasteiger partial charge is 0.497 e. The van der Waals surface area contributed by atoms with Crippen LogP contribution < -0.4 is 9.47 Å². The van der Waals surface area contributed by atoms with E-state index in [1.54, 1.807) is 7.11 Å². The normalized spacial score (nSPS) is 14.3. The lowest BCUT2D eigenvalue weighted by molar-refractivity contribution is 0.0730. The predicted molar refractivity (Wildman–Crippen MR) is 156 cm³/mol. The average Bonchev–Trinajstić information content (AvgIpc) is 3.53. The molecule has 1 aliphatic heterocycles. The minimum absolute atomic E-state index is 0.0732. The van der Waals surface area contributed by atoms with Gasteiger partial charge in [0.05, 0.1) is 18.8 Å². The monoisotopic (exact) mass is 549 g/mol. The first-order valence-electron chi connectivity index (χ1n) is 13.1. The Morgan fingerprint density at radius 1 is 0.850 bits per heavy atom. The highest BCUT2D eigenvalue weighted by atomic mass is 35.5. The Morgan fingerprint density at radius 2 is 1.50 bits per heavy atom. The lowest BCUT2D eigenvalue weighted by Gasteiger charge is -2.27. The van der Waals surface area contributed by atoms with Gasteiger partial charge in [0.15, 0.2) is 0 Å². The van der Waals surface area contributed by atoms with E-state index >= 15 is 0 Å². The van der Waals surface area contributed by atoms with E-state index in [0.29, 0.717) is 23.9 Å². The number of hydrogen-bond acceptors (Lipinski definition) is 4. The van der Waals surface area contributed by atoms with Crippen molar-refractivity contribution in [3.05, 3.63) is 136 Å². The molecule has 1 N–H and O–H groups in total. The maximum absolute atomic E-state index is 13.7. The SMILES string of the molecule is COc1ccc(-c2n[nH]c3c2C(c2ccc(OCc4ccc(Cl)cc4)cc2)N(Cc2ccc(C)cc2)C3=O)cc1. The number of ether oxygens (including phenoxy) is 2. The second kappa shape index (κ2) is 10.9. The fraction of sp³-hybridized carbons (Fsp3) is 0.152. The first-order chi connectivity index (χ1) is 19.5. The molecule has 1 aromatic heterocycles. The molecule has 1 aliphatic rings. The molecule has 6 rings (SSSR count). The van der Waals surface area contributed by atoms with Gasteiger partial charge in [0.1, 0.15) is 23.8 Å². The van der Waals surface area contributed by atoms with E-state index in [1.807, 2.05) is 77.7 Å². The van der Waals surface area contributed by atoms with Crippen LogP contribution in [0, 0.1) is 6.92 Å². The molecule has 0 spiro atoms. The number of methoxy groups -OCH3 is 1. The summed E-state index contributed by atoms with van der Waals surface area (Å²) in [4.78, 5) is 15.7. The summed E-state index contributed by atoms with van der Waals surface area (Å²) in [6.45, 7) is 2.97. The van der Waals surface area contributed by atoms with Crippen LogP contribution in [0.4, 0.5) is 0 Å². The van der Waals surface area contributed by atoms with Crippen molar-refractivity contribution in [3.63, 3.8) is 0 Å². The highest BCUT2D eigenvalue weighted by molar-refractivity contribution is 6.30. The molecular formula is C33H28ClN3O3. The summed E-state index contributed by atoms with van der Waals surface area (Å²) < 4.78 is 11.4. The van der Waals surface area contributed by atoms with Crippen LogP contribution in [0.3, 0.4) is 0 Å². The third-order valence-electron chi connectivity index (χ3n) is 7.22. The Hall–Kier alpha value is -4.55. The summed E-state index contributed by atoms with van der Waals surface area (Å²) in [6, 6.07) is 31.3. The predicted octanol–water partition coefficient (Wildman–Crippen LogP) is 7.37. The van der Waals surface area contributed by atoms with Gasteiger partial charge in [0.25, 0.3) is 5.91 Å². The van der Waals surface area contributed by atoms with Gasteiger partial charge < -0.3 is 14.4 Å². The summed E-state index contributed by atoms with van der Waals surface area (Å²) >= 11 is 6.00. The average molecular weight is 550 g/mol. The van der Waals surface area contributed by atoms with Crippen LogP contribution in [-0.4, -0.2) is 28.1 Å². The Labute approximate surface area is 238 Å². The van der Waals surface area contributed by atoms with E-state index in [9.17, 15) is 4.79 Å². The maximum atomic E-state index is 13.7. The smallest absolute Gasteiger partial charge is 0.273 e. The molecule has 6 nitrogen and oxygen atoms in total. The number of H-pyrrole nitrogens is 1. The van der Waals surface area contributed by atoms with Crippen LogP contribution in [0.2, 0.25) is 5.02 Å². The van der Waals surface area contributed by atoms with Crippen LogP contribution in [0.1, 0.15) is 44.3 Å². The van der Waals surface area contributed by atoms with Gasteiger partial charge in [-0.05, 0) is 72.1 Å². The van der Waals surface area contributed by atoms with E-state index in [4.69, 9.17) is 21.1 Å². The zero-order chi connectivity index (χ0) is 27.6. The number of aromatic nitrogens is 2. The van der Waals surface area contributed by atoms with Crippen molar-refractivity contribution >= 4 is 17.5 Å². The molecule has 2 heterocycles. The number of aromatic amines is 1. The molecule has 1 unspecified atom stereocenters. The number of amides is 1. The van der Waals surface area contributed by atoms with E-state index in [1.165, 1.54) is 5.56 Å². The summed E-state index contributed by atoms with van der Waals surface area (Å²) in [6.07, 6.45) is 0. The number of rotatable bonds is 8. The van der Waals surface area contributed by atoms with Crippen LogP contribution in [0.5, 0.6) is 11.5 Å². The van der Waals surface area contributed by atoms with E-state index in [-0.39, 0.29) is 11.9 Å². The lowest BCUT2D eigenvalue weighted by Crippen LogP contribution is -2.29. The molecule has 200 valence electrons. The topological polar surface area (TPSA) is 67.5 Å². The minimum atomic E-state index is -0.315. The van der Waals surface area contributed by atoms with Crippen molar-refractivity contribution in [2.45, 2.75) is 26.1 Å². The number of hydrogen-bond donors (Lipinski definition) is 1. The Kier molecular flexibility index (Phi) is 7.01. The molecule has 40 heavy (non-hydrogen) atoms. The Bertz CT molecular complexity index is 1630. The summed E-state index contributed by atoms with van der Waals surface area (Å²) in [5.41, 5.74) is 7.32. The summed E-state index contributed by atoms with van der Waals surface area (Å²) in [7, 11) is 1.64. The molecular weight excluding hydrogens is 522 g/mol. The van der Waals surface area contributed by atoms with Gasteiger partial charge >= 0.3 is 0 Å². The number of halogens is 1. The molecule has 1 amide bonds. The molecule has 5 aromatic rings. The number of fused-ring (bicyclic) bond motifs is 1. The first kappa shape index (κ1) is 25.7. The molecule has 4 aromatic carbocycles. The standard InChI is InChI=1S/C33H28ClN3O3/c1-21-3-5-22(6-4-21)19-37-32(25-11-17-28(18-12-25)40-20-23-7-13-26(34)14-8-23)29-30(35-36-31(29)33(37)38)24-9-15-27(39-2)16-10-24/h3-18,32H,19-20H2,1-2H3,(H,35,36). The highest BCUT2D eigenvalue weighted by Gasteiger charge is 2.42. The number of nitrogens with one attached hydrogen (secondary N) is 1. The van der Waals surface area contributed by atoms with Crippen LogP contribution in [0.25, 0.3) is 11.3 Å². The fourth-order valence-electron chi connectivity index (χ4n) is 5.06. The van der Waals surface area contributed by atoms with Crippen molar-refractivity contribution in [2.24, 2.45) is 0 Å². The highest BCUT2D eigenvalue weighted by Crippen LogP contribution is 2.44. The molecule has 0 bridgehead atoms. The van der Waals surface area contributed by atoms with Crippen molar-refractivity contribution in [1.82, 2.24) is 15.1 Å². The van der Waals surface area contributed by atoms with Crippen molar-refractivity contribution in [3.8, 4) is 22.8 Å². The summed E-state index contributed by atoms with van der Waals surface area (Å²) in [5.74, 6) is 1.44. The molecule has 1 atom stereocenters. The van der Waals surface area contributed by atoms with E-state index in [2.05, 4.69) is 41.4 Å². The number of carbonyl (C=O) groups is 1. The van der Waals surface area contributed by atoms with Crippen molar-refractivity contribution < 1.29 is 14.3 Å². The number of nitrogens with zero attached hydrogens (tertiary/aromatic N) is 2. The zero-order valence-corrected chi connectivity index (χ0v) is 23.0. The van der Waals surface area contributed by atoms with Gasteiger partial charge in [-0.1, -0.05) is 65.7 Å². The summed E-state index contributed by atoms with van der Waals surface area (Å²) in [5, 5.41) is 8.31. The van der Waals surface area contributed by atoms with Gasteiger partial charge in [0, 0.05) is 22.7 Å². The third kappa shape index (κ3) is 5.06. The quantitative estimate of drug-likeness (QED) is 0.219. The molecule has 0 saturated carbocycles. The second-order valence-corrected chi connectivity index (χ2v) is 10.3. The van der Waals surface area contributed by atoms with Gasteiger partial charge in [0.2, 0.25) is 0 Å². The van der Waals surface area contributed by atoms with E-state index in [0.717, 1.165) is 45.0 Å². The third-order valence-corrected chi connectivity index (χ3v) is 7.47. The molecule has 7 heteroatoms. The zero-order valence-electron chi connectivity index (χ0n) is 22.2. The molecule has 0 aliphatic carbocycles. The van der Waals surface area contributed by atoms with Crippen molar-refractivity contribution in [1.29, 1.82) is 0 Å². The van der Waals surface area contributed by atoms with Gasteiger partial charge in [-0.25, -0.2) is 0 Å². The van der Waals surface area contributed by atoms with Gasteiger partial charge in [-0.15, -0.1) is 0 Å².